The molecule has 0 fully saturated rings. The van der Waals surface area contributed by atoms with Gasteiger partial charge in [-0.2, -0.15) is 0 Å². The number of unbranched alkanes of at least 4 members (excludes halogenated alkanes) is 2. The van der Waals surface area contributed by atoms with Crippen LogP contribution in [0.3, 0.4) is 0 Å². The van der Waals surface area contributed by atoms with Gasteiger partial charge in [0.15, 0.2) is 0 Å². The van der Waals surface area contributed by atoms with Crippen molar-refractivity contribution in [2.75, 3.05) is 6.54 Å². The van der Waals surface area contributed by atoms with Gasteiger partial charge >= 0.3 is 5.97 Å². The molecule has 0 aliphatic heterocycles. The summed E-state index contributed by atoms with van der Waals surface area (Å²) in [5.74, 6) is -0.850. The summed E-state index contributed by atoms with van der Waals surface area (Å²) in [4.78, 5) is 29.1. The van der Waals surface area contributed by atoms with Crippen molar-refractivity contribution in [3.63, 3.8) is 0 Å². The molecule has 1 atom stereocenters. The van der Waals surface area contributed by atoms with Gasteiger partial charge in [-0.15, -0.1) is 11.3 Å². The minimum Gasteiger partial charge on any atom is -0.406 e. The van der Waals surface area contributed by atoms with Crippen molar-refractivity contribution >= 4 is 23.2 Å². The molecule has 0 saturated heterocycles. The van der Waals surface area contributed by atoms with Crippen LogP contribution in [-0.4, -0.2) is 23.4 Å². The second kappa shape index (κ2) is 11.4. The minimum atomic E-state index is -0.493. The quantitative estimate of drug-likeness (QED) is 0.346. The van der Waals surface area contributed by atoms with Crippen LogP contribution >= 0.6 is 11.3 Å². The van der Waals surface area contributed by atoms with Crippen molar-refractivity contribution in [2.45, 2.75) is 39.5 Å². The Bertz CT molecular complexity index is 984. The van der Waals surface area contributed by atoms with Crippen LogP contribution in [-0.2, 0) is 11.2 Å². The molecule has 0 spiro atoms. The van der Waals surface area contributed by atoms with E-state index in [1.165, 1.54) is 29.7 Å². The fraction of sp³-hybridized carbons (Fsp3) is 0.320. The average Bonchev–Trinajstić information content (AvgIpc) is 3.27. The maximum Gasteiger partial charge on any atom is 0.317 e. The van der Waals surface area contributed by atoms with Gasteiger partial charge in [0, 0.05) is 17.7 Å². The molecule has 3 aromatic rings. The zero-order valence-electron chi connectivity index (χ0n) is 17.9. The predicted molar refractivity (Wildman–Crippen MR) is 123 cm³/mol. The van der Waals surface area contributed by atoms with E-state index in [-0.39, 0.29) is 18.3 Å². The lowest BCUT2D eigenvalue weighted by atomic mass is 10.0. The molecule has 1 N–H and O–H groups in total. The summed E-state index contributed by atoms with van der Waals surface area (Å²) in [6.07, 6.45) is 4.59. The SMILES string of the molecule is CCCCCc1ccc(C(=O)NCC(C)C(=O)Oc2csc(-c3c[c]ccc3)n2)cc1. The Balaban J connectivity index is 1.46. The maximum atomic E-state index is 12.4. The van der Waals surface area contributed by atoms with E-state index in [9.17, 15) is 9.59 Å². The van der Waals surface area contributed by atoms with Crippen molar-refractivity contribution in [3.05, 3.63) is 71.1 Å². The summed E-state index contributed by atoms with van der Waals surface area (Å²) in [5.41, 5.74) is 2.74. The molecule has 1 aromatic heterocycles. The molecule has 0 saturated carbocycles. The highest BCUT2D eigenvalue weighted by Crippen LogP contribution is 2.26. The molecule has 31 heavy (non-hydrogen) atoms. The molecule has 5 nitrogen and oxygen atoms in total. The number of aryl methyl sites for hydroxylation is 1. The number of esters is 1. The predicted octanol–water partition coefficient (Wildman–Crippen LogP) is 5.31. The summed E-state index contributed by atoms with van der Waals surface area (Å²) >= 11 is 1.40. The first-order valence-electron chi connectivity index (χ1n) is 10.6. The topological polar surface area (TPSA) is 68.3 Å². The van der Waals surface area contributed by atoms with E-state index in [1.807, 2.05) is 48.5 Å². The number of hydrogen-bond acceptors (Lipinski definition) is 5. The molecule has 161 valence electrons. The molecule has 1 amide bonds. The zero-order valence-corrected chi connectivity index (χ0v) is 18.7. The lowest BCUT2D eigenvalue weighted by Crippen LogP contribution is -2.33. The van der Waals surface area contributed by atoms with Gasteiger partial charge in [0.25, 0.3) is 5.91 Å². The molecule has 3 rings (SSSR count). The number of carbonyl (C=O) groups excluding carboxylic acids is 2. The molecule has 0 bridgehead atoms. The van der Waals surface area contributed by atoms with Crippen molar-refractivity contribution in [1.29, 1.82) is 0 Å². The first-order valence-corrected chi connectivity index (χ1v) is 11.5. The fourth-order valence-electron chi connectivity index (χ4n) is 3.00. The van der Waals surface area contributed by atoms with Gasteiger partial charge in [-0.3, -0.25) is 9.59 Å². The number of hydrogen-bond donors (Lipinski definition) is 1. The van der Waals surface area contributed by atoms with E-state index in [4.69, 9.17) is 4.74 Å². The molecule has 0 aliphatic carbocycles. The van der Waals surface area contributed by atoms with E-state index in [2.05, 4.69) is 23.3 Å². The van der Waals surface area contributed by atoms with Crippen molar-refractivity contribution in [1.82, 2.24) is 10.3 Å². The maximum absolute atomic E-state index is 12.4. The average molecular weight is 436 g/mol. The third-order valence-corrected chi connectivity index (χ3v) is 5.77. The Morgan fingerprint density at radius 2 is 2.00 bits per heavy atom. The molecule has 0 aliphatic rings. The van der Waals surface area contributed by atoms with Gasteiger partial charge < -0.3 is 10.1 Å². The second-order valence-corrected chi connectivity index (χ2v) is 8.33. The Kier molecular flexibility index (Phi) is 8.35. The Labute approximate surface area is 187 Å². The molecule has 1 unspecified atom stereocenters. The van der Waals surface area contributed by atoms with Gasteiger partial charge in [0.2, 0.25) is 5.88 Å². The van der Waals surface area contributed by atoms with Gasteiger partial charge in [0.1, 0.15) is 5.01 Å². The number of amides is 1. The van der Waals surface area contributed by atoms with Crippen molar-refractivity contribution in [2.24, 2.45) is 5.92 Å². The molecule has 2 aromatic carbocycles. The Morgan fingerprint density at radius 1 is 1.19 bits per heavy atom. The number of nitrogens with one attached hydrogen (secondary N) is 1. The van der Waals surface area contributed by atoms with Crippen LogP contribution in [0, 0.1) is 12.0 Å². The van der Waals surface area contributed by atoms with Crippen molar-refractivity contribution in [3.8, 4) is 16.5 Å². The highest BCUT2D eigenvalue weighted by atomic mass is 32.1. The van der Waals surface area contributed by atoms with Crippen LogP contribution in [0.4, 0.5) is 0 Å². The summed E-state index contributed by atoms with van der Waals surface area (Å²) in [6, 6.07) is 18.1. The van der Waals surface area contributed by atoms with Gasteiger partial charge in [-0.1, -0.05) is 57.0 Å². The van der Waals surface area contributed by atoms with E-state index in [1.54, 1.807) is 12.3 Å². The second-order valence-electron chi connectivity index (χ2n) is 7.47. The van der Waals surface area contributed by atoms with E-state index >= 15 is 0 Å². The smallest absolute Gasteiger partial charge is 0.317 e. The highest BCUT2D eigenvalue weighted by Gasteiger charge is 2.18. The van der Waals surface area contributed by atoms with E-state index < -0.39 is 11.9 Å². The first kappa shape index (κ1) is 22.7. The van der Waals surface area contributed by atoms with Crippen LogP contribution in [0.15, 0.2) is 53.9 Å². The van der Waals surface area contributed by atoms with Crippen molar-refractivity contribution < 1.29 is 14.3 Å². The highest BCUT2D eigenvalue weighted by molar-refractivity contribution is 7.13. The third kappa shape index (κ3) is 6.76. The molecule has 1 heterocycles. The normalized spacial score (nSPS) is 11.7. The Hall–Kier alpha value is -2.99. The molecule has 1 radical (unpaired) electrons. The lowest BCUT2D eigenvalue weighted by Gasteiger charge is -2.11. The standard InChI is InChI=1S/C25H27N2O3S/c1-3-4-6-9-19-12-14-20(15-13-19)23(28)26-16-18(2)25(29)30-22-17-31-24(27-22)21-10-7-5-8-11-21/h5,7,10-15,17-18H,3-4,6,9,16H2,1-2H3,(H,26,28). The van der Waals surface area contributed by atoms with Gasteiger partial charge in [-0.05, 0) is 42.7 Å². The number of thiazole rings is 1. The molecule has 6 heteroatoms. The molecular formula is C25H27N2O3S. The fourth-order valence-corrected chi connectivity index (χ4v) is 3.72. The number of carbonyl (C=O) groups is 2. The van der Waals surface area contributed by atoms with Crippen LogP contribution in [0.2, 0.25) is 0 Å². The van der Waals surface area contributed by atoms with Crippen LogP contribution in [0.5, 0.6) is 5.88 Å². The number of benzene rings is 2. The van der Waals surface area contributed by atoms with Crippen LogP contribution < -0.4 is 10.1 Å². The number of rotatable bonds is 10. The van der Waals surface area contributed by atoms with Crippen LogP contribution in [0.1, 0.15) is 49.0 Å². The van der Waals surface area contributed by atoms with Gasteiger partial charge in [0.05, 0.1) is 11.3 Å². The monoisotopic (exact) mass is 435 g/mol. The minimum absolute atomic E-state index is 0.195. The third-order valence-electron chi connectivity index (χ3n) is 4.90. The first-order chi connectivity index (χ1) is 15.1. The summed E-state index contributed by atoms with van der Waals surface area (Å²) < 4.78 is 5.38. The van der Waals surface area contributed by atoms with E-state index in [0.29, 0.717) is 5.56 Å². The van der Waals surface area contributed by atoms with Gasteiger partial charge in [-0.25, -0.2) is 4.98 Å². The Morgan fingerprint density at radius 3 is 2.71 bits per heavy atom. The van der Waals surface area contributed by atoms with E-state index in [0.717, 1.165) is 23.4 Å². The molecular weight excluding hydrogens is 408 g/mol. The van der Waals surface area contributed by atoms with Crippen LogP contribution in [0.25, 0.3) is 10.6 Å². The number of aromatic nitrogens is 1. The number of ether oxygens (including phenoxy) is 1. The largest absolute Gasteiger partial charge is 0.406 e. The lowest BCUT2D eigenvalue weighted by molar-refractivity contribution is -0.138. The summed E-state index contributed by atoms with van der Waals surface area (Å²) in [7, 11) is 0. The number of nitrogens with zero attached hydrogens (tertiary/aromatic N) is 1. The summed E-state index contributed by atoms with van der Waals surface area (Å²) in [5, 5.41) is 5.27. The zero-order chi connectivity index (χ0) is 22.1. The summed E-state index contributed by atoms with van der Waals surface area (Å²) in [6.45, 7) is 4.10.